The number of hydrogen-bond donors (Lipinski definition) is 2. The van der Waals surface area contributed by atoms with Gasteiger partial charge in [0.2, 0.25) is 5.91 Å². The number of amides is 1. The van der Waals surface area contributed by atoms with Crippen molar-refractivity contribution >= 4 is 11.9 Å². The molecule has 0 aliphatic carbocycles. The Balaban J connectivity index is 2.21. The molecule has 1 saturated heterocycles. The summed E-state index contributed by atoms with van der Waals surface area (Å²) in [6.07, 6.45) is 0.0106. The smallest absolute Gasteiger partial charge is 0.307 e. The molecule has 0 atom stereocenters. The Morgan fingerprint density at radius 3 is 2.65 bits per heavy atom. The molecule has 0 aromatic heterocycles. The highest BCUT2D eigenvalue weighted by Gasteiger charge is 2.37. The van der Waals surface area contributed by atoms with Gasteiger partial charge in [0, 0.05) is 19.6 Å². The minimum Gasteiger partial charge on any atom is -0.481 e. The summed E-state index contributed by atoms with van der Waals surface area (Å²) >= 11 is 0. The first kappa shape index (κ1) is 14.5. The molecule has 1 fully saturated rings. The molecule has 2 rings (SSSR count). The number of carbonyl (C=O) groups excluding carboxylic acids is 1. The molecular formula is C15H20N2O3. The number of benzene rings is 1. The topological polar surface area (TPSA) is 69.6 Å². The van der Waals surface area contributed by atoms with Gasteiger partial charge in [-0.05, 0) is 25.0 Å². The second-order valence-electron chi connectivity index (χ2n) is 5.58. The zero-order valence-electron chi connectivity index (χ0n) is 11.8. The van der Waals surface area contributed by atoms with Gasteiger partial charge in [0.05, 0.1) is 12.0 Å². The Hall–Kier alpha value is -1.88. The predicted octanol–water partition coefficient (Wildman–Crippen LogP) is 1.02. The van der Waals surface area contributed by atoms with Gasteiger partial charge in [0.25, 0.3) is 0 Å². The average molecular weight is 276 g/mol. The number of piperazine rings is 1. The van der Waals surface area contributed by atoms with Crippen molar-refractivity contribution in [3.05, 3.63) is 35.4 Å². The van der Waals surface area contributed by atoms with Crippen LogP contribution in [0.4, 0.5) is 0 Å². The third-order valence-corrected chi connectivity index (χ3v) is 3.83. The van der Waals surface area contributed by atoms with Crippen LogP contribution in [0.2, 0.25) is 0 Å². The summed E-state index contributed by atoms with van der Waals surface area (Å²) in [6, 6.07) is 7.51. The molecule has 0 radical (unpaired) electrons. The lowest BCUT2D eigenvalue weighted by atomic mass is 9.96. The standard InChI is InChI=1S/C15H20N2O3/c1-15(2)14(20)16-7-8-17(15)10-12-6-4-3-5-11(12)9-13(18)19/h3-6H,7-10H2,1-2H3,(H,16,20)(H,18,19). The van der Waals surface area contributed by atoms with Gasteiger partial charge in [-0.3, -0.25) is 14.5 Å². The monoisotopic (exact) mass is 276 g/mol. The molecule has 0 unspecified atom stereocenters. The molecule has 1 aliphatic heterocycles. The Labute approximate surface area is 118 Å². The van der Waals surface area contributed by atoms with Crippen molar-refractivity contribution in [2.75, 3.05) is 13.1 Å². The second kappa shape index (κ2) is 5.63. The van der Waals surface area contributed by atoms with Crippen LogP contribution in [-0.4, -0.2) is 40.5 Å². The molecule has 20 heavy (non-hydrogen) atoms. The molecule has 2 N–H and O–H groups in total. The first-order chi connectivity index (χ1) is 9.41. The van der Waals surface area contributed by atoms with Gasteiger partial charge in [-0.1, -0.05) is 24.3 Å². The fourth-order valence-corrected chi connectivity index (χ4v) is 2.47. The van der Waals surface area contributed by atoms with Gasteiger partial charge < -0.3 is 10.4 Å². The molecule has 108 valence electrons. The van der Waals surface area contributed by atoms with E-state index in [1.54, 1.807) is 0 Å². The van der Waals surface area contributed by atoms with E-state index in [-0.39, 0.29) is 12.3 Å². The van der Waals surface area contributed by atoms with E-state index in [4.69, 9.17) is 5.11 Å². The maximum atomic E-state index is 11.9. The van der Waals surface area contributed by atoms with Crippen LogP contribution in [0.1, 0.15) is 25.0 Å². The minimum atomic E-state index is -0.840. The fourth-order valence-electron chi connectivity index (χ4n) is 2.47. The third kappa shape index (κ3) is 2.99. The van der Waals surface area contributed by atoms with Crippen molar-refractivity contribution < 1.29 is 14.7 Å². The maximum absolute atomic E-state index is 11.9. The minimum absolute atomic E-state index is 0.0106. The molecule has 1 amide bonds. The maximum Gasteiger partial charge on any atom is 0.307 e. The van der Waals surface area contributed by atoms with Crippen LogP contribution in [0.5, 0.6) is 0 Å². The molecule has 5 heteroatoms. The van der Waals surface area contributed by atoms with Crippen LogP contribution in [0.25, 0.3) is 0 Å². The van der Waals surface area contributed by atoms with Crippen LogP contribution in [0, 0.1) is 0 Å². The fraction of sp³-hybridized carbons (Fsp3) is 0.467. The van der Waals surface area contributed by atoms with Crippen molar-refractivity contribution in [2.24, 2.45) is 0 Å². The Morgan fingerprint density at radius 2 is 2.00 bits per heavy atom. The molecule has 5 nitrogen and oxygen atoms in total. The van der Waals surface area contributed by atoms with Crippen molar-refractivity contribution in [3.63, 3.8) is 0 Å². The van der Waals surface area contributed by atoms with Crippen molar-refractivity contribution in [1.29, 1.82) is 0 Å². The predicted molar refractivity (Wildman–Crippen MR) is 75.3 cm³/mol. The molecule has 1 heterocycles. The number of aliphatic carboxylic acids is 1. The lowest BCUT2D eigenvalue weighted by Crippen LogP contribution is -2.61. The summed E-state index contributed by atoms with van der Waals surface area (Å²) in [7, 11) is 0. The molecule has 0 spiro atoms. The summed E-state index contributed by atoms with van der Waals surface area (Å²) in [5.74, 6) is -0.826. The van der Waals surface area contributed by atoms with E-state index in [9.17, 15) is 9.59 Å². The van der Waals surface area contributed by atoms with Gasteiger partial charge in [0.1, 0.15) is 0 Å². The number of carboxylic acids is 1. The number of nitrogens with one attached hydrogen (secondary N) is 1. The first-order valence-corrected chi connectivity index (χ1v) is 6.73. The van der Waals surface area contributed by atoms with E-state index >= 15 is 0 Å². The summed E-state index contributed by atoms with van der Waals surface area (Å²) in [6.45, 7) is 5.76. The zero-order chi connectivity index (χ0) is 14.8. The average Bonchev–Trinajstić information content (AvgIpc) is 2.37. The highest BCUT2D eigenvalue weighted by molar-refractivity contribution is 5.86. The number of rotatable bonds is 4. The van der Waals surface area contributed by atoms with Gasteiger partial charge in [-0.25, -0.2) is 0 Å². The van der Waals surface area contributed by atoms with Crippen LogP contribution in [0.15, 0.2) is 24.3 Å². The second-order valence-corrected chi connectivity index (χ2v) is 5.58. The summed E-state index contributed by atoms with van der Waals surface area (Å²) < 4.78 is 0. The van der Waals surface area contributed by atoms with Gasteiger partial charge in [0.15, 0.2) is 0 Å². The van der Waals surface area contributed by atoms with E-state index in [0.717, 1.165) is 17.7 Å². The molecule has 0 bridgehead atoms. The zero-order valence-corrected chi connectivity index (χ0v) is 11.8. The van der Waals surface area contributed by atoms with Crippen molar-refractivity contribution in [2.45, 2.75) is 32.4 Å². The van der Waals surface area contributed by atoms with Crippen molar-refractivity contribution in [3.8, 4) is 0 Å². The van der Waals surface area contributed by atoms with Crippen LogP contribution < -0.4 is 5.32 Å². The van der Waals surface area contributed by atoms with Gasteiger partial charge >= 0.3 is 5.97 Å². The lowest BCUT2D eigenvalue weighted by molar-refractivity contribution is -0.137. The quantitative estimate of drug-likeness (QED) is 0.861. The number of hydrogen-bond acceptors (Lipinski definition) is 3. The summed E-state index contributed by atoms with van der Waals surface area (Å²) in [5.41, 5.74) is 1.20. The Bertz CT molecular complexity index is 526. The van der Waals surface area contributed by atoms with Crippen LogP contribution in [-0.2, 0) is 22.6 Å². The number of nitrogens with zero attached hydrogens (tertiary/aromatic N) is 1. The molecule has 0 saturated carbocycles. The van der Waals surface area contributed by atoms with Crippen LogP contribution >= 0.6 is 0 Å². The van der Waals surface area contributed by atoms with E-state index < -0.39 is 11.5 Å². The van der Waals surface area contributed by atoms with E-state index in [0.29, 0.717) is 13.1 Å². The largest absolute Gasteiger partial charge is 0.481 e. The van der Waals surface area contributed by atoms with Gasteiger partial charge in [-0.15, -0.1) is 0 Å². The third-order valence-electron chi connectivity index (χ3n) is 3.83. The summed E-state index contributed by atoms with van der Waals surface area (Å²) in [5, 5.41) is 11.8. The van der Waals surface area contributed by atoms with Crippen molar-refractivity contribution in [1.82, 2.24) is 10.2 Å². The SMILES string of the molecule is CC1(C)C(=O)NCCN1Cc1ccccc1CC(=O)O. The highest BCUT2D eigenvalue weighted by Crippen LogP contribution is 2.22. The molecule has 1 aliphatic rings. The molecule has 1 aromatic rings. The van der Waals surface area contributed by atoms with E-state index in [1.807, 2.05) is 38.1 Å². The van der Waals surface area contributed by atoms with Gasteiger partial charge in [-0.2, -0.15) is 0 Å². The van der Waals surface area contributed by atoms with Crippen LogP contribution in [0.3, 0.4) is 0 Å². The number of carbonyl (C=O) groups is 2. The first-order valence-electron chi connectivity index (χ1n) is 6.73. The summed E-state index contributed by atoms with van der Waals surface area (Å²) in [4.78, 5) is 24.9. The normalized spacial score (nSPS) is 18.6. The van der Waals surface area contributed by atoms with E-state index in [2.05, 4.69) is 10.2 Å². The molecular weight excluding hydrogens is 256 g/mol. The highest BCUT2D eigenvalue weighted by atomic mass is 16.4. The molecule has 1 aromatic carbocycles. The number of carboxylic acid groups (broad SMARTS) is 1. The lowest BCUT2D eigenvalue weighted by Gasteiger charge is -2.41. The Kier molecular flexibility index (Phi) is 4.09. The van der Waals surface area contributed by atoms with E-state index in [1.165, 1.54) is 0 Å². The Morgan fingerprint density at radius 1 is 1.35 bits per heavy atom.